The first-order valence-corrected chi connectivity index (χ1v) is 5.87. The summed E-state index contributed by atoms with van der Waals surface area (Å²) in [5, 5.41) is 6.09. The van der Waals surface area contributed by atoms with Gasteiger partial charge in [-0.1, -0.05) is 0 Å². The Bertz CT molecular complexity index is 206. The van der Waals surface area contributed by atoms with Crippen molar-refractivity contribution in [2.24, 2.45) is 0 Å². The second-order valence-corrected chi connectivity index (χ2v) is 4.49. The van der Waals surface area contributed by atoms with E-state index in [9.17, 15) is 4.79 Å². The van der Waals surface area contributed by atoms with Crippen molar-refractivity contribution < 1.29 is 4.79 Å². The summed E-state index contributed by atoms with van der Waals surface area (Å²) in [4.78, 5) is 13.8. The van der Waals surface area contributed by atoms with Gasteiger partial charge in [0, 0.05) is 18.6 Å². The second-order valence-electron chi connectivity index (χ2n) is 4.49. The molecule has 1 atom stereocenters. The highest BCUT2D eigenvalue weighted by Crippen LogP contribution is 2.19. The second kappa shape index (κ2) is 5.95. The van der Waals surface area contributed by atoms with Crippen molar-refractivity contribution in [2.75, 3.05) is 20.1 Å². The van der Waals surface area contributed by atoms with Crippen molar-refractivity contribution in [3.05, 3.63) is 0 Å². The van der Waals surface area contributed by atoms with E-state index in [4.69, 9.17) is 0 Å². The van der Waals surface area contributed by atoms with Crippen LogP contribution in [0, 0.1) is 0 Å². The molecule has 4 nitrogen and oxygen atoms in total. The smallest absolute Gasteiger partial charge is 0.317 e. The fourth-order valence-corrected chi connectivity index (χ4v) is 2.04. The molecular formula is C11H23N3O. The molecule has 88 valence electrons. The Hall–Kier alpha value is -0.770. The molecule has 0 aromatic heterocycles. The van der Waals surface area contributed by atoms with Gasteiger partial charge >= 0.3 is 6.03 Å². The lowest BCUT2D eigenvalue weighted by Crippen LogP contribution is -2.45. The number of nitrogens with zero attached hydrogens (tertiary/aromatic N) is 1. The Morgan fingerprint density at radius 2 is 2.27 bits per heavy atom. The summed E-state index contributed by atoms with van der Waals surface area (Å²) in [7, 11) is 1.95. The number of rotatable bonds is 4. The molecule has 0 saturated carbocycles. The number of likely N-dealkylation sites (tertiary alicyclic amines) is 1. The highest BCUT2D eigenvalue weighted by atomic mass is 16.2. The summed E-state index contributed by atoms with van der Waals surface area (Å²) in [6, 6.07) is 0.753. The van der Waals surface area contributed by atoms with Crippen molar-refractivity contribution in [1.82, 2.24) is 15.5 Å². The minimum absolute atomic E-state index is 0.101. The zero-order chi connectivity index (χ0) is 11.3. The number of hydrogen-bond donors (Lipinski definition) is 2. The number of carbonyl (C=O) groups is 1. The summed E-state index contributed by atoms with van der Waals surface area (Å²) in [6.45, 7) is 5.89. The molecule has 1 aliphatic rings. The van der Waals surface area contributed by atoms with Gasteiger partial charge in [-0.3, -0.25) is 0 Å². The molecule has 2 N–H and O–H groups in total. The third-order valence-electron chi connectivity index (χ3n) is 2.78. The largest absolute Gasteiger partial charge is 0.336 e. The lowest BCUT2D eigenvalue weighted by Gasteiger charge is -2.26. The number of amides is 2. The predicted octanol–water partition coefficient (Wildman–Crippen LogP) is 1.18. The fourth-order valence-electron chi connectivity index (χ4n) is 2.04. The average molecular weight is 213 g/mol. The third kappa shape index (κ3) is 3.70. The number of hydrogen-bond acceptors (Lipinski definition) is 2. The van der Waals surface area contributed by atoms with Crippen LogP contribution in [-0.2, 0) is 0 Å². The molecule has 0 spiro atoms. The maximum Gasteiger partial charge on any atom is 0.317 e. The molecule has 2 amide bonds. The highest BCUT2D eigenvalue weighted by Gasteiger charge is 2.28. The van der Waals surface area contributed by atoms with Gasteiger partial charge in [0.25, 0.3) is 0 Å². The Labute approximate surface area is 92.4 Å². The molecule has 1 rings (SSSR count). The van der Waals surface area contributed by atoms with Crippen LogP contribution in [0.25, 0.3) is 0 Å². The van der Waals surface area contributed by atoms with Crippen molar-refractivity contribution in [3.8, 4) is 0 Å². The first-order valence-electron chi connectivity index (χ1n) is 5.87. The zero-order valence-corrected chi connectivity index (χ0v) is 10.0. The van der Waals surface area contributed by atoms with Crippen LogP contribution in [-0.4, -0.2) is 43.2 Å². The van der Waals surface area contributed by atoms with E-state index in [0.29, 0.717) is 6.04 Å². The van der Waals surface area contributed by atoms with Crippen LogP contribution in [0.4, 0.5) is 4.79 Å². The molecule has 0 bridgehead atoms. The molecule has 1 unspecified atom stereocenters. The van der Waals surface area contributed by atoms with E-state index in [1.807, 2.05) is 25.8 Å². The van der Waals surface area contributed by atoms with Gasteiger partial charge in [-0.2, -0.15) is 0 Å². The summed E-state index contributed by atoms with van der Waals surface area (Å²) >= 11 is 0. The standard InChI is InChI=1S/C11H23N3O/c1-9(2)13-11(15)14-8-4-5-10(14)6-7-12-3/h9-10,12H,4-8H2,1-3H3,(H,13,15). The maximum absolute atomic E-state index is 11.8. The minimum Gasteiger partial charge on any atom is -0.336 e. The predicted molar refractivity (Wildman–Crippen MR) is 61.9 cm³/mol. The van der Waals surface area contributed by atoms with Crippen molar-refractivity contribution in [2.45, 2.75) is 45.2 Å². The summed E-state index contributed by atoms with van der Waals surface area (Å²) in [6.07, 6.45) is 3.34. The van der Waals surface area contributed by atoms with E-state index in [-0.39, 0.29) is 12.1 Å². The van der Waals surface area contributed by atoms with Gasteiger partial charge in [-0.25, -0.2) is 4.79 Å². The quantitative estimate of drug-likeness (QED) is 0.736. The molecule has 4 heteroatoms. The van der Waals surface area contributed by atoms with Crippen molar-refractivity contribution >= 4 is 6.03 Å². The first-order chi connectivity index (χ1) is 7.15. The Morgan fingerprint density at radius 3 is 2.87 bits per heavy atom. The van der Waals surface area contributed by atoms with E-state index in [1.165, 1.54) is 0 Å². The molecule has 1 fully saturated rings. The zero-order valence-electron chi connectivity index (χ0n) is 10.0. The van der Waals surface area contributed by atoms with Crippen LogP contribution >= 0.6 is 0 Å². The van der Waals surface area contributed by atoms with Gasteiger partial charge in [-0.05, 0) is 46.7 Å². The number of nitrogens with one attached hydrogen (secondary N) is 2. The van der Waals surface area contributed by atoms with Crippen LogP contribution in [0.2, 0.25) is 0 Å². The lowest BCUT2D eigenvalue weighted by atomic mass is 10.1. The molecule has 0 aromatic carbocycles. The van der Waals surface area contributed by atoms with Crippen LogP contribution < -0.4 is 10.6 Å². The molecule has 1 saturated heterocycles. The van der Waals surface area contributed by atoms with Gasteiger partial charge in [0.2, 0.25) is 0 Å². The molecular weight excluding hydrogens is 190 g/mol. The fraction of sp³-hybridized carbons (Fsp3) is 0.909. The molecule has 0 aliphatic carbocycles. The van der Waals surface area contributed by atoms with Crippen molar-refractivity contribution in [3.63, 3.8) is 0 Å². The van der Waals surface area contributed by atoms with E-state index >= 15 is 0 Å². The van der Waals surface area contributed by atoms with E-state index in [2.05, 4.69) is 10.6 Å². The molecule has 15 heavy (non-hydrogen) atoms. The average Bonchev–Trinajstić information content (AvgIpc) is 2.61. The normalized spacial score (nSPS) is 21.1. The van der Waals surface area contributed by atoms with Gasteiger partial charge in [-0.15, -0.1) is 0 Å². The van der Waals surface area contributed by atoms with Crippen LogP contribution in [0.1, 0.15) is 33.1 Å². The summed E-state index contributed by atoms with van der Waals surface area (Å²) in [5.41, 5.74) is 0. The van der Waals surface area contributed by atoms with Gasteiger partial charge in [0.15, 0.2) is 0 Å². The molecule has 0 aromatic rings. The monoisotopic (exact) mass is 213 g/mol. The maximum atomic E-state index is 11.8. The molecule has 1 heterocycles. The Morgan fingerprint density at radius 1 is 1.53 bits per heavy atom. The first kappa shape index (κ1) is 12.3. The van der Waals surface area contributed by atoms with Crippen LogP contribution in [0.15, 0.2) is 0 Å². The number of urea groups is 1. The van der Waals surface area contributed by atoms with E-state index in [0.717, 1.165) is 32.4 Å². The van der Waals surface area contributed by atoms with E-state index < -0.39 is 0 Å². The Balaban J connectivity index is 2.41. The van der Waals surface area contributed by atoms with Gasteiger partial charge < -0.3 is 15.5 Å². The Kier molecular flexibility index (Phi) is 4.88. The third-order valence-corrected chi connectivity index (χ3v) is 2.78. The number of carbonyl (C=O) groups excluding carboxylic acids is 1. The summed E-state index contributed by atoms with van der Waals surface area (Å²) < 4.78 is 0. The van der Waals surface area contributed by atoms with Gasteiger partial charge in [0.05, 0.1) is 0 Å². The van der Waals surface area contributed by atoms with Gasteiger partial charge in [0.1, 0.15) is 0 Å². The topological polar surface area (TPSA) is 44.4 Å². The molecule has 1 aliphatic heterocycles. The SMILES string of the molecule is CNCCC1CCCN1C(=O)NC(C)C. The molecule has 0 radical (unpaired) electrons. The minimum atomic E-state index is 0.101. The highest BCUT2D eigenvalue weighted by molar-refractivity contribution is 5.75. The van der Waals surface area contributed by atoms with Crippen LogP contribution in [0.5, 0.6) is 0 Å². The van der Waals surface area contributed by atoms with Crippen molar-refractivity contribution in [1.29, 1.82) is 0 Å². The van der Waals surface area contributed by atoms with Crippen LogP contribution in [0.3, 0.4) is 0 Å². The lowest BCUT2D eigenvalue weighted by molar-refractivity contribution is 0.187. The summed E-state index contributed by atoms with van der Waals surface area (Å²) in [5.74, 6) is 0. The van der Waals surface area contributed by atoms with E-state index in [1.54, 1.807) is 0 Å².